The summed E-state index contributed by atoms with van der Waals surface area (Å²) >= 11 is 0. The van der Waals surface area contributed by atoms with Crippen LogP contribution in [0.3, 0.4) is 0 Å². The van der Waals surface area contributed by atoms with E-state index in [9.17, 15) is 13.2 Å². The largest absolute Gasteiger partial charge is 0.431 e. The number of alkyl halides is 2. The Morgan fingerprint density at radius 1 is 1.38 bits per heavy atom. The zero-order valence-corrected chi connectivity index (χ0v) is 6.77. The normalized spacial score (nSPS) is 10.5. The van der Waals surface area contributed by atoms with E-state index in [2.05, 4.69) is 11.7 Å². The summed E-state index contributed by atoms with van der Waals surface area (Å²) in [6.07, 6.45) is 0.208. The fourth-order valence-electron chi connectivity index (χ4n) is 0.971. The molecule has 1 nitrogen and oxygen atoms in total. The molecule has 0 saturated heterocycles. The summed E-state index contributed by atoms with van der Waals surface area (Å²) in [6.45, 7) is 0.462. The van der Waals surface area contributed by atoms with E-state index in [-0.39, 0.29) is 6.42 Å². The van der Waals surface area contributed by atoms with Crippen LogP contribution in [0.5, 0.6) is 5.75 Å². The molecule has 0 N–H and O–H groups in total. The second-order valence-electron chi connectivity index (χ2n) is 2.36. The molecule has 0 atom stereocenters. The first-order valence-electron chi connectivity index (χ1n) is 3.66. The number of hydrogen-bond donors (Lipinski definition) is 0. The van der Waals surface area contributed by atoms with Crippen LogP contribution in [0.15, 0.2) is 18.2 Å². The van der Waals surface area contributed by atoms with Gasteiger partial charge in [0.05, 0.1) is 0 Å². The number of ether oxygens (including phenoxy) is 1. The van der Waals surface area contributed by atoms with Crippen LogP contribution in [0.4, 0.5) is 13.2 Å². The van der Waals surface area contributed by atoms with Crippen LogP contribution in [0.25, 0.3) is 0 Å². The van der Waals surface area contributed by atoms with Crippen molar-refractivity contribution in [1.29, 1.82) is 0 Å². The number of rotatable bonds is 3. The molecule has 1 radical (unpaired) electrons. The maximum absolute atomic E-state index is 12.9. The Bertz CT molecular complexity index is 286. The lowest BCUT2D eigenvalue weighted by Gasteiger charge is -2.09. The summed E-state index contributed by atoms with van der Waals surface area (Å²) in [6, 6.07) is 3.98. The van der Waals surface area contributed by atoms with Crippen LogP contribution in [0.2, 0.25) is 0 Å². The van der Waals surface area contributed by atoms with Gasteiger partial charge in [-0.05, 0) is 25.0 Å². The van der Waals surface area contributed by atoms with Crippen LogP contribution >= 0.6 is 0 Å². The van der Waals surface area contributed by atoms with E-state index in [1.807, 2.05) is 0 Å². The van der Waals surface area contributed by atoms with E-state index in [4.69, 9.17) is 0 Å². The molecule has 0 saturated carbocycles. The van der Waals surface area contributed by atoms with Crippen molar-refractivity contribution in [2.45, 2.75) is 13.0 Å². The van der Waals surface area contributed by atoms with Gasteiger partial charge in [-0.15, -0.1) is 0 Å². The molecule has 0 aliphatic rings. The van der Waals surface area contributed by atoms with E-state index < -0.39 is 18.2 Å². The van der Waals surface area contributed by atoms with E-state index in [1.165, 1.54) is 12.1 Å². The first-order chi connectivity index (χ1) is 6.15. The second-order valence-corrected chi connectivity index (χ2v) is 2.36. The van der Waals surface area contributed by atoms with E-state index in [0.717, 1.165) is 6.07 Å². The Kier molecular flexibility index (Phi) is 3.17. The number of benzene rings is 1. The Labute approximate surface area is 74.1 Å². The molecule has 0 aliphatic heterocycles. The SMILES string of the molecule is [CH2]Cc1cccc(F)c1OC(F)F. The van der Waals surface area contributed by atoms with Crippen molar-refractivity contribution in [3.63, 3.8) is 0 Å². The third-order valence-corrected chi connectivity index (χ3v) is 1.52. The summed E-state index contributed by atoms with van der Waals surface area (Å²) in [5.41, 5.74) is 0.334. The molecule has 1 aromatic carbocycles. The summed E-state index contributed by atoms with van der Waals surface area (Å²) in [5.74, 6) is -1.20. The third kappa shape index (κ3) is 2.37. The summed E-state index contributed by atoms with van der Waals surface area (Å²) in [4.78, 5) is 0. The maximum atomic E-state index is 12.9. The topological polar surface area (TPSA) is 9.23 Å². The second kappa shape index (κ2) is 4.16. The minimum Gasteiger partial charge on any atom is -0.431 e. The predicted molar refractivity (Wildman–Crippen MR) is 42.1 cm³/mol. The molecular formula is C9H8F3O. The van der Waals surface area contributed by atoms with Crippen molar-refractivity contribution in [1.82, 2.24) is 0 Å². The molecule has 0 heterocycles. The number of hydrogen-bond acceptors (Lipinski definition) is 1. The summed E-state index contributed by atoms with van der Waals surface area (Å²) in [5, 5.41) is 0. The van der Waals surface area contributed by atoms with Crippen molar-refractivity contribution in [2.75, 3.05) is 0 Å². The lowest BCUT2D eigenvalue weighted by Crippen LogP contribution is -2.06. The van der Waals surface area contributed by atoms with Crippen LogP contribution in [0.1, 0.15) is 5.56 Å². The Balaban J connectivity index is 3.00. The zero-order chi connectivity index (χ0) is 9.84. The Morgan fingerprint density at radius 2 is 2.08 bits per heavy atom. The van der Waals surface area contributed by atoms with Gasteiger partial charge in [-0.25, -0.2) is 4.39 Å². The van der Waals surface area contributed by atoms with Gasteiger partial charge in [0.1, 0.15) is 0 Å². The Morgan fingerprint density at radius 3 is 2.62 bits per heavy atom. The molecule has 0 fully saturated rings. The molecule has 0 aliphatic carbocycles. The van der Waals surface area contributed by atoms with Crippen molar-refractivity contribution in [3.8, 4) is 5.75 Å². The molecule has 1 aromatic rings. The van der Waals surface area contributed by atoms with E-state index in [1.54, 1.807) is 0 Å². The van der Waals surface area contributed by atoms with Crippen molar-refractivity contribution in [3.05, 3.63) is 36.5 Å². The molecule has 0 bridgehead atoms. The van der Waals surface area contributed by atoms with Gasteiger partial charge in [-0.1, -0.05) is 12.1 Å². The van der Waals surface area contributed by atoms with Crippen LogP contribution in [-0.4, -0.2) is 6.61 Å². The molecule has 0 spiro atoms. The third-order valence-electron chi connectivity index (χ3n) is 1.52. The number of para-hydroxylation sites is 1. The van der Waals surface area contributed by atoms with Crippen molar-refractivity contribution >= 4 is 0 Å². The van der Waals surface area contributed by atoms with Crippen LogP contribution < -0.4 is 4.74 Å². The predicted octanol–water partition coefficient (Wildman–Crippen LogP) is 2.80. The fraction of sp³-hybridized carbons (Fsp3) is 0.222. The lowest BCUT2D eigenvalue weighted by atomic mass is 10.1. The number of halogens is 3. The minimum absolute atomic E-state index is 0.208. The highest BCUT2D eigenvalue weighted by molar-refractivity contribution is 5.35. The molecule has 0 aromatic heterocycles. The smallest absolute Gasteiger partial charge is 0.387 e. The van der Waals surface area contributed by atoms with Crippen molar-refractivity contribution in [2.24, 2.45) is 0 Å². The van der Waals surface area contributed by atoms with E-state index >= 15 is 0 Å². The average Bonchev–Trinajstić information content (AvgIpc) is 2.08. The molecule has 71 valence electrons. The van der Waals surface area contributed by atoms with Crippen LogP contribution in [0, 0.1) is 12.7 Å². The highest BCUT2D eigenvalue weighted by atomic mass is 19.3. The quantitative estimate of drug-likeness (QED) is 0.710. The van der Waals surface area contributed by atoms with Gasteiger partial charge in [0.15, 0.2) is 11.6 Å². The summed E-state index contributed by atoms with van der Waals surface area (Å²) in [7, 11) is 0. The fourth-order valence-corrected chi connectivity index (χ4v) is 0.971. The molecule has 4 heteroatoms. The van der Waals surface area contributed by atoms with Gasteiger partial charge in [-0.2, -0.15) is 8.78 Å². The average molecular weight is 189 g/mol. The monoisotopic (exact) mass is 189 g/mol. The highest BCUT2D eigenvalue weighted by Gasteiger charge is 2.12. The molecular weight excluding hydrogens is 181 g/mol. The molecule has 1 rings (SSSR count). The van der Waals surface area contributed by atoms with Gasteiger partial charge in [0.2, 0.25) is 0 Å². The minimum atomic E-state index is -3.01. The first-order valence-corrected chi connectivity index (χ1v) is 3.66. The van der Waals surface area contributed by atoms with E-state index in [0.29, 0.717) is 5.56 Å². The van der Waals surface area contributed by atoms with Gasteiger partial charge in [-0.3, -0.25) is 0 Å². The first kappa shape index (κ1) is 9.89. The maximum Gasteiger partial charge on any atom is 0.387 e. The molecule has 0 amide bonds. The standard InChI is InChI=1S/C9H8F3O/c1-2-6-4-3-5-7(10)8(6)13-9(11)12/h3-5,9H,1-2H2. The van der Waals surface area contributed by atoms with Gasteiger partial charge >= 0.3 is 6.61 Å². The molecule has 0 unspecified atom stereocenters. The summed E-state index contributed by atoms with van der Waals surface area (Å²) < 4.78 is 40.5. The van der Waals surface area contributed by atoms with Crippen LogP contribution in [-0.2, 0) is 6.42 Å². The zero-order valence-electron chi connectivity index (χ0n) is 6.77. The van der Waals surface area contributed by atoms with Gasteiger partial charge in [0.25, 0.3) is 0 Å². The molecule has 13 heavy (non-hydrogen) atoms. The van der Waals surface area contributed by atoms with Crippen molar-refractivity contribution < 1.29 is 17.9 Å². The lowest BCUT2D eigenvalue weighted by molar-refractivity contribution is -0.0527. The van der Waals surface area contributed by atoms with Gasteiger partial charge < -0.3 is 4.74 Å². The highest BCUT2D eigenvalue weighted by Crippen LogP contribution is 2.24. The van der Waals surface area contributed by atoms with Gasteiger partial charge in [0, 0.05) is 0 Å². The Hall–Kier alpha value is -1.19.